The van der Waals surface area contributed by atoms with E-state index in [1.807, 2.05) is 0 Å². The minimum atomic E-state index is -0.702. The number of benzene rings is 1. The molecule has 1 N–H and O–H groups in total. The molecule has 148 valence electrons. The van der Waals surface area contributed by atoms with Crippen LogP contribution in [0.5, 0.6) is 17.2 Å². The number of carbonyl (C=O) groups is 2. The Hall–Kier alpha value is -2.44. The normalized spacial score (nSPS) is 18.4. The molecule has 2 aliphatic rings. The van der Waals surface area contributed by atoms with Crippen LogP contribution in [0.1, 0.15) is 52.4 Å². The second-order valence-corrected chi connectivity index (χ2v) is 7.09. The SMILES string of the molecule is CCOC(=O)CC1(NC(=O)[C@@H](C)Oc2ccc3c(c2)OCO3)CCCCC1. The molecule has 1 aliphatic heterocycles. The van der Waals surface area contributed by atoms with Crippen LogP contribution in [0, 0.1) is 0 Å². The van der Waals surface area contributed by atoms with Gasteiger partial charge in [0, 0.05) is 6.07 Å². The predicted molar refractivity (Wildman–Crippen MR) is 97.9 cm³/mol. The largest absolute Gasteiger partial charge is 0.481 e. The molecule has 0 saturated heterocycles. The van der Waals surface area contributed by atoms with E-state index in [4.69, 9.17) is 18.9 Å². The van der Waals surface area contributed by atoms with Gasteiger partial charge < -0.3 is 24.3 Å². The highest BCUT2D eigenvalue weighted by Crippen LogP contribution is 2.35. The zero-order valence-corrected chi connectivity index (χ0v) is 15.9. The average Bonchev–Trinajstić information content (AvgIpc) is 3.10. The number of fused-ring (bicyclic) bond motifs is 1. The highest BCUT2D eigenvalue weighted by molar-refractivity contribution is 5.82. The van der Waals surface area contributed by atoms with E-state index in [1.165, 1.54) is 0 Å². The fourth-order valence-electron chi connectivity index (χ4n) is 3.63. The molecule has 3 rings (SSSR count). The molecule has 1 atom stereocenters. The van der Waals surface area contributed by atoms with Crippen molar-refractivity contribution in [3.8, 4) is 17.2 Å². The maximum atomic E-state index is 12.7. The van der Waals surface area contributed by atoms with Gasteiger partial charge in [-0.3, -0.25) is 9.59 Å². The molecule has 0 radical (unpaired) electrons. The van der Waals surface area contributed by atoms with Crippen molar-refractivity contribution >= 4 is 11.9 Å². The van der Waals surface area contributed by atoms with Gasteiger partial charge >= 0.3 is 5.97 Å². The van der Waals surface area contributed by atoms with E-state index in [2.05, 4.69) is 5.32 Å². The van der Waals surface area contributed by atoms with Crippen LogP contribution >= 0.6 is 0 Å². The Morgan fingerprint density at radius 1 is 1.19 bits per heavy atom. The number of esters is 1. The number of rotatable bonds is 7. The first kappa shape index (κ1) is 19.3. The van der Waals surface area contributed by atoms with Gasteiger partial charge in [0.1, 0.15) is 5.75 Å². The molecule has 0 unspecified atom stereocenters. The number of carbonyl (C=O) groups excluding carboxylic acids is 2. The van der Waals surface area contributed by atoms with Crippen LogP contribution in [0.3, 0.4) is 0 Å². The zero-order valence-electron chi connectivity index (χ0n) is 15.9. The van der Waals surface area contributed by atoms with E-state index < -0.39 is 11.6 Å². The van der Waals surface area contributed by atoms with Crippen molar-refractivity contribution in [2.45, 2.75) is 64.0 Å². The van der Waals surface area contributed by atoms with Crippen LogP contribution in [-0.2, 0) is 14.3 Å². The predicted octanol–water partition coefficient (Wildman–Crippen LogP) is 2.95. The molecule has 1 saturated carbocycles. The first-order chi connectivity index (χ1) is 13.0. The Kier molecular flexibility index (Phi) is 6.08. The molecule has 0 aromatic heterocycles. The molecule has 0 bridgehead atoms. The second kappa shape index (κ2) is 8.50. The Morgan fingerprint density at radius 3 is 2.67 bits per heavy atom. The summed E-state index contributed by atoms with van der Waals surface area (Å²) in [6, 6.07) is 5.21. The van der Waals surface area contributed by atoms with Crippen molar-refractivity contribution in [2.75, 3.05) is 13.4 Å². The van der Waals surface area contributed by atoms with E-state index in [-0.39, 0.29) is 25.1 Å². The molecule has 1 aliphatic carbocycles. The van der Waals surface area contributed by atoms with Gasteiger partial charge in [-0.1, -0.05) is 19.3 Å². The molecule has 1 amide bonds. The fourth-order valence-corrected chi connectivity index (χ4v) is 3.63. The van der Waals surface area contributed by atoms with Gasteiger partial charge in [0.15, 0.2) is 17.6 Å². The van der Waals surface area contributed by atoms with Crippen LogP contribution in [0.25, 0.3) is 0 Å². The summed E-state index contributed by atoms with van der Waals surface area (Å²) in [5.41, 5.74) is -0.548. The van der Waals surface area contributed by atoms with Crippen molar-refractivity contribution in [1.82, 2.24) is 5.32 Å². The monoisotopic (exact) mass is 377 g/mol. The summed E-state index contributed by atoms with van der Waals surface area (Å²) in [6.45, 7) is 4.00. The summed E-state index contributed by atoms with van der Waals surface area (Å²) in [5, 5.41) is 3.07. The lowest BCUT2D eigenvalue weighted by atomic mass is 9.79. The smallest absolute Gasteiger partial charge is 0.308 e. The third-order valence-corrected chi connectivity index (χ3v) is 5.01. The number of nitrogens with one attached hydrogen (secondary N) is 1. The lowest BCUT2D eigenvalue weighted by Crippen LogP contribution is -2.54. The quantitative estimate of drug-likeness (QED) is 0.736. The first-order valence-electron chi connectivity index (χ1n) is 9.55. The Morgan fingerprint density at radius 2 is 1.93 bits per heavy atom. The van der Waals surface area contributed by atoms with Gasteiger partial charge in [-0.15, -0.1) is 0 Å². The number of hydrogen-bond donors (Lipinski definition) is 1. The topological polar surface area (TPSA) is 83.1 Å². The Labute approximate surface area is 159 Å². The highest BCUT2D eigenvalue weighted by atomic mass is 16.7. The summed E-state index contributed by atoms with van der Waals surface area (Å²) < 4.78 is 21.5. The van der Waals surface area contributed by atoms with Crippen molar-refractivity contribution in [3.63, 3.8) is 0 Å². The van der Waals surface area contributed by atoms with Gasteiger partial charge in [-0.05, 0) is 38.8 Å². The number of hydrogen-bond acceptors (Lipinski definition) is 6. The van der Waals surface area contributed by atoms with Crippen molar-refractivity contribution in [2.24, 2.45) is 0 Å². The van der Waals surface area contributed by atoms with Gasteiger partial charge in [0.05, 0.1) is 18.6 Å². The summed E-state index contributed by atoms with van der Waals surface area (Å²) in [6.07, 6.45) is 4.12. The maximum Gasteiger partial charge on any atom is 0.308 e. The van der Waals surface area contributed by atoms with Crippen LogP contribution in [0.4, 0.5) is 0 Å². The molecule has 1 aromatic carbocycles. The Bertz CT molecular complexity index is 683. The van der Waals surface area contributed by atoms with E-state index in [0.29, 0.717) is 23.9 Å². The van der Waals surface area contributed by atoms with Gasteiger partial charge in [-0.2, -0.15) is 0 Å². The molecule has 7 nitrogen and oxygen atoms in total. The number of amides is 1. The van der Waals surface area contributed by atoms with E-state index in [1.54, 1.807) is 32.0 Å². The van der Waals surface area contributed by atoms with Gasteiger partial charge in [0.2, 0.25) is 6.79 Å². The van der Waals surface area contributed by atoms with Crippen molar-refractivity contribution < 1.29 is 28.5 Å². The molecule has 1 fully saturated rings. The first-order valence-corrected chi connectivity index (χ1v) is 9.55. The van der Waals surface area contributed by atoms with E-state index >= 15 is 0 Å². The second-order valence-electron chi connectivity index (χ2n) is 7.09. The minimum absolute atomic E-state index is 0.186. The van der Waals surface area contributed by atoms with Crippen LogP contribution in [0.15, 0.2) is 18.2 Å². The molecule has 7 heteroatoms. The van der Waals surface area contributed by atoms with Crippen LogP contribution < -0.4 is 19.5 Å². The average molecular weight is 377 g/mol. The lowest BCUT2D eigenvalue weighted by Gasteiger charge is -2.38. The number of ether oxygens (including phenoxy) is 4. The van der Waals surface area contributed by atoms with E-state index in [0.717, 1.165) is 32.1 Å². The molecule has 1 heterocycles. The lowest BCUT2D eigenvalue weighted by molar-refractivity contribution is -0.146. The summed E-state index contributed by atoms with van der Waals surface area (Å²) in [5.74, 6) is 1.29. The molecular weight excluding hydrogens is 350 g/mol. The molecule has 1 aromatic rings. The van der Waals surface area contributed by atoms with E-state index in [9.17, 15) is 9.59 Å². The van der Waals surface area contributed by atoms with Crippen molar-refractivity contribution in [1.29, 1.82) is 0 Å². The Balaban J connectivity index is 1.63. The standard InChI is InChI=1S/C20H27NO6/c1-3-24-18(22)12-20(9-5-4-6-10-20)21-19(23)14(2)27-15-7-8-16-17(11-15)26-13-25-16/h7-8,11,14H,3-6,9-10,12-13H2,1-2H3,(H,21,23)/t14-/m1/s1. The summed E-state index contributed by atoms with van der Waals surface area (Å²) in [7, 11) is 0. The minimum Gasteiger partial charge on any atom is -0.481 e. The maximum absolute atomic E-state index is 12.7. The van der Waals surface area contributed by atoms with Crippen LogP contribution in [0.2, 0.25) is 0 Å². The third-order valence-electron chi connectivity index (χ3n) is 5.01. The van der Waals surface area contributed by atoms with Crippen molar-refractivity contribution in [3.05, 3.63) is 18.2 Å². The van der Waals surface area contributed by atoms with Crippen LogP contribution in [-0.4, -0.2) is 36.9 Å². The zero-order chi connectivity index (χ0) is 19.3. The summed E-state index contributed by atoms with van der Waals surface area (Å²) in [4.78, 5) is 24.8. The molecular formula is C20H27NO6. The summed E-state index contributed by atoms with van der Waals surface area (Å²) >= 11 is 0. The molecule has 27 heavy (non-hydrogen) atoms. The third kappa shape index (κ3) is 4.84. The fraction of sp³-hybridized carbons (Fsp3) is 0.600. The van der Waals surface area contributed by atoms with Gasteiger partial charge in [0.25, 0.3) is 5.91 Å². The highest BCUT2D eigenvalue weighted by Gasteiger charge is 2.37. The molecule has 0 spiro atoms. The van der Waals surface area contributed by atoms with Gasteiger partial charge in [-0.25, -0.2) is 0 Å².